The minimum atomic E-state index is -0.696. The number of aliphatic hydroxyl groups excluding tert-OH is 1. The van der Waals surface area contributed by atoms with Crippen LogP contribution in [0.2, 0.25) is 0 Å². The first-order valence-corrected chi connectivity index (χ1v) is 6.34. The highest BCUT2D eigenvalue weighted by molar-refractivity contribution is 9.10. The molecule has 0 saturated carbocycles. The predicted octanol–water partition coefficient (Wildman–Crippen LogP) is 2.19. The van der Waals surface area contributed by atoms with Crippen molar-refractivity contribution >= 4 is 15.9 Å². The Balaban J connectivity index is 2.14. The number of rotatable bonds is 5. The van der Waals surface area contributed by atoms with Crippen LogP contribution in [0.3, 0.4) is 0 Å². The van der Waals surface area contributed by atoms with E-state index in [9.17, 15) is 9.50 Å². The molecule has 1 atom stereocenters. The van der Waals surface area contributed by atoms with Crippen molar-refractivity contribution in [2.45, 2.75) is 12.5 Å². The molecule has 1 unspecified atom stereocenters. The summed E-state index contributed by atoms with van der Waals surface area (Å²) in [5.41, 5.74) is 0.629. The second-order valence-electron chi connectivity index (χ2n) is 3.95. The molecule has 2 rings (SSSR count). The number of halogens is 2. The van der Waals surface area contributed by atoms with Crippen molar-refractivity contribution in [1.82, 2.24) is 10.1 Å². The lowest BCUT2D eigenvalue weighted by atomic mass is 10.2. The zero-order valence-corrected chi connectivity index (χ0v) is 11.7. The molecule has 0 bridgehead atoms. The number of hydrogen-bond donors (Lipinski definition) is 1. The molecule has 7 heteroatoms. The van der Waals surface area contributed by atoms with Gasteiger partial charge in [0.1, 0.15) is 5.82 Å². The van der Waals surface area contributed by atoms with Crippen LogP contribution in [0.15, 0.2) is 27.2 Å². The molecule has 1 N–H and O–H groups in total. The fraction of sp³-hybridized carbons (Fsp3) is 0.333. The van der Waals surface area contributed by atoms with E-state index < -0.39 is 6.10 Å². The molecule has 5 nitrogen and oxygen atoms in total. The van der Waals surface area contributed by atoms with Gasteiger partial charge in [0.25, 0.3) is 0 Å². The third kappa shape index (κ3) is 3.59. The Hall–Kier alpha value is -1.31. The van der Waals surface area contributed by atoms with Gasteiger partial charge >= 0.3 is 0 Å². The lowest BCUT2D eigenvalue weighted by Crippen LogP contribution is -2.17. The molecule has 19 heavy (non-hydrogen) atoms. The van der Waals surface area contributed by atoms with E-state index in [0.717, 1.165) is 0 Å². The molecule has 0 radical (unpaired) electrons. The molecule has 0 amide bonds. The number of methoxy groups -OCH3 is 1. The summed E-state index contributed by atoms with van der Waals surface area (Å²) in [6.07, 6.45) is -0.485. The van der Waals surface area contributed by atoms with Gasteiger partial charge in [-0.15, -0.1) is 0 Å². The minimum absolute atomic E-state index is 0.194. The lowest BCUT2D eigenvalue weighted by Gasteiger charge is -2.04. The predicted molar refractivity (Wildman–Crippen MR) is 69.0 cm³/mol. The van der Waals surface area contributed by atoms with Crippen LogP contribution in [-0.4, -0.2) is 35.1 Å². The largest absolute Gasteiger partial charge is 0.390 e. The summed E-state index contributed by atoms with van der Waals surface area (Å²) in [5.74, 6) is 0.295. The fourth-order valence-electron chi connectivity index (χ4n) is 1.54. The van der Waals surface area contributed by atoms with Gasteiger partial charge in [0, 0.05) is 12.7 Å². The Morgan fingerprint density at radius 1 is 1.53 bits per heavy atom. The van der Waals surface area contributed by atoms with Gasteiger partial charge in [0.2, 0.25) is 11.7 Å². The van der Waals surface area contributed by atoms with Gasteiger partial charge in [-0.05, 0) is 34.1 Å². The van der Waals surface area contributed by atoms with Gasteiger partial charge in [0.05, 0.1) is 23.6 Å². The Bertz CT molecular complexity index is 562. The number of aliphatic hydroxyl groups is 1. The van der Waals surface area contributed by atoms with Crippen LogP contribution in [0.25, 0.3) is 11.4 Å². The smallest absolute Gasteiger partial charge is 0.229 e. The monoisotopic (exact) mass is 330 g/mol. The molecule has 102 valence electrons. The topological polar surface area (TPSA) is 68.4 Å². The van der Waals surface area contributed by atoms with Crippen LogP contribution in [0.1, 0.15) is 5.89 Å². The van der Waals surface area contributed by atoms with Crippen molar-refractivity contribution in [2.24, 2.45) is 0 Å². The van der Waals surface area contributed by atoms with Gasteiger partial charge in [-0.2, -0.15) is 4.98 Å². The second-order valence-corrected chi connectivity index (χ2v) is 4.81. The van der Waals surface area contributed by atoms with Crippen LogP contribution in [0.4, 0.5) is 4.39 Å². The van der Waals surface area contributed by atoms with Crippen molar-refractivity contribution in [2.75, 3.05) is 13.7 Å². The molecule has 2 aromatic rings. The van der Waals surface area contributed by atoms with E-state index in [0.29, 0.717) is 21.8 Å². The lowest BCUT2D eigenvalue weighted by molar-refractivity contribution is 0.0599. The van der Waals surface area contributed by atoms with Crippen LogP contribution >= 0.6 is 15.9 Å². The molecule has 0 aliphatic carbocycles. The first kappa shape index (κ1) is 14.1. The normalized spacial score (nSPS) is 12.6. The highest BCUT2D eigenvalue weighted by Crippen LogP contribution is 2.23. The first-order valence-electron chi connectivity index (χ1n) is 5.55. The standard InChI is InChI=1S/C12H12BrFN2O3/c1-18-6-8(17)5-11-15-12(16-19-11)7-2-3-10(14)9(13)4-7/h2-4,8,17H,5-6H2,1H3. The first-order chi connectivity index (χ1) is 9.10. The third-order valence-corrected chi connectivity index (χ3v) is 3.02. The van der Waals surface area contributed by atoms with Gasteiger partial charge in [-0.1, -0.05) is 5.16 Å². The zero-order chi connectivity index (χ0) is 13.8. The number of ether oxygens (including phenoxy) is 1. The summed E-state index contributed by atoms with van der Waals surface area (Å²) in [5, 5.41) is 13.3. The highest BCUT2D eigenvalue weighted by Gasteiger charge is 2.14. The molecule has 0 aliphatic rings. The minimum Gasteiger partial charge on any atom is -0.390 e. The summed E-state index contributed by atoms with van der Waals surface area (Å²) in [6, 6.07) is 4.44. The van der Waals surface area contributed by atoms with Crippen LogP contribution < -0.4 is 0 Å². The van der Waals surface area contributed by atoms with Gasteiger partial charge in [-0.25, -0.2) is 4.39 Å². The molecule has 1 aromatic heterocycles. The quantitative estimate of drug-likeness (QED) is 0.910. The van der Waals surface area contributed by atoms with E-state index in [2.05, 4.69) is 26.1 Å². The summed E-state index contributed by atoms with van der Waals surface area (Å²) in [7, 11) is 1.50. The van der Waals surface area contributed by atoms with E-state index in [1.165, 1.54) is 13.2 Å². The van der Waals surface area contributed by atoms with Crippen molar-refractivity contribution < 1.29 is 18.8 Å². The Kier molecular flexibility index (Phi) is 4.62. The number of hydrogen-bond acceptors (Lipinski definition) is 5. The van der Waals surface area contributed by atoms with Gasteiger partial charge in [0.15, 0.2) is 0 Å². The maximum absolute atomic E-state index is 13.1. The SMILES string of the molecule is COCC(O)Cc1nc(-c2ccc(F)c(Br)c2)no1. The molecule has 0 aliphatic heterocycles. The number of benzene rings is 1. The molecule has 0 saturated heterocycles. The summed E-state index contributed by atoms with van der Waals surface area (Å²) in [4.78, 5) is 4.14. The Morgan fingerprint density at radius 2 is 2.32 bits per heavy atom. The molecule has 1 aromatic carbocycles. The number of aromatic nitrogens is 2. The molecular formula is C12H12BrFN2O3. The molecule has 1 heterocycles. The van der Waals surface area contributed by atoms with E-state index in [1.807, 2.05) is 0 Å². The van der Waals surface area contributed by atoms with Crippen molar-refractivity contribution in [1.29, 1.82) is 0 Å². The summed E-state index contributed by atoms with van der Waals surface area (Å²) in [6.45, 7) is 0.194. The van der Waals surface area contributed by atoms with Crippen molar-refractivity contribution in [3.8, 4) is 11.4 Å². The maximum atomic E-state index is 13.1. The Labute approximate surface area is 117 Å². The summed E-state index contributed by atoms with van der Waals surface area (Å²) < 4.78 is 23.3. The fourth-order valence-corrected chi connectivity index (χ4v) is 1.92. The molecule has 0 spiro atoms. The van der Waals surface area contributed by atoms with E-state index in [1.54, 1.807) is 12.1 Å². The third-order valence-electron chi connectivity index (χ3n) is 2.42. The average Bonchev–Trinajstić information content (AvgIpc) is 2.81. The van der Waals surface area contributed by atoms with E-state index in [4.69, 9.17) is 9.26 Å². The van der Waals surface area contributed by atoms with E-state index >= 15 is 0 Å². The van der Waals surface area contributed by atoms with Crippen LogP contribution in [0.5, 0.6) is 0 Å². The van der Waals surface area contributed by atoms with Crippen LogP contribution in [-0.2, 0) is 11.2 Å². The average molecular weight is 331 g/mol. The maximum Gasteiger partial charge on any atom is 0.229 e. The Morgan fingerprint density at radius 3 is 3.00 bits per heavy atom. The molecule has 0 fully saturated rings. The second kappa shape index (κ2) is 6.23. The van der Waals surface area contributed by atoms with Gasteiger partial charge < -0.3 is 14.4 Å². The number of nitrogens with zero attached hydrogens (tertiary/aromatic N) is 2. The zero-order valence-electron chi connectivity index (χ0n) is 10.1. The highest BCUT2D eigenvalue weighted by atomic mass is 79.9. The van der Waals surface area contributed by atoms with Crippen molar-refractivity contribution in [3.05, 3.63) is 34.4 Å². The van der Waals surface area contributed by atoms with Crippen LogP contribution in [0, 0.1) is 5.82 Å². The molecular weight excluding hydrogens is 319 g/mol. The van der Waals surface area contributed by atoms with Gasteiger partial charge in [-0.3, -0.25) is 0 Å². The van der Waals surface area contributed by atoms with Crippen molar-refractivity contribution in [3.63, 3.8) is 0 Å². The summed E-state index contributed by atoms with van der Waals surface area (Å²) >= 11 is 3.09. The van der Waals surface area contributed by atoms with E-state index in [-0.39, 0.29) is 18.8 Å².